The van der Waals surface area contributed by atoms with Crippen LogP contribution in [0.1, 0.15) is 26.2 Å². The minimum atomic E-state index is 0.357. The van der Waals surface area contributed by atoms with Crippen LogP contribution in [0.4, 0.5) is 0 Å². The van der Waals surface area contributed by atoms with Crippen molar-refractivity contribution in [2.24, 2.45) is 0 Å². The maximum Gasteiger partial charge on any atom is 0.147 e. The molecule has 0 aromatic heterocycles. The smallest absolute Gasteiger partial charge is 0.147 e. The van der Waals surface area contributed by atoms with Crippen molar-refractivity contribution in [3.63, 3.8) is 0 Å². The van der Waals surface area contributed by atoms with Gasteiger partial charge in [0.2, 0.25) is 0 Å². The predicted octanol–water partition coefficient (Wildman–Crippen LogP) is 1.57. The second kappa shape index (κ2) is 6.40. The Morgan fingerprint density at radius 1 is 1.33 bits per heavy atom. The van der Waals surface area contributed by atoms with Gasteiger partial charge in [-0.25, -0.2) is 0 Å². The van der Waals surface area contributed by atoms with Gasteiger partial charge in [0.15, 0.2) is 0 Å². The largest absolute Gasteiger partial charge is 0.381 e. The molecule has 0 saturated carbocycles. The quantitative estimate of drug-likeness (QED) is 0.467. The van der Waals surface area contributed by atoms with Gasteiger partial charge in [0.1, 0.15) is 6.79 Å². The zero-order valence-corrected chi connectivity index (χ0v) is 7.75. The molecule has 0 bridgehead atoms. The van der Waals surface area contributed by atoms with Crippen LogP contribution in [-0.4, -0.2) is 32.7 Å². The lowest BCUT2D eigenvalue weighted by Crippen LogP contribution is -2.24. The van der Waals surface area contributed by atoms with Gasteiger partial charge in [0.05, 0.1) is 6.10 Å². The van der Waals surface area contributed by atoms with Crippen molar-refractivity contribution in [3.8, 4) is 0 Å². The summed E-state index contributed by atoms with van der Waals surface area (Å²) in [7, 11) is 0. The lowest BCUT2D eigenvalue weighted by atomic mass is 10.2. The standard InChI is InChI=1S/C9H18O3/c1-2-5-11-8-12-9-3-6-10-7-4-9/h9H,2-8H2,1H3. The van der Waals surface area contributed by atoms with E-state index < -0.39 is 0 Å². The highest BCUT2D eigenvalue weighted by Crippen LogP contribution is 2.10. The highest BCUT2D eigenvalue weighted by molar-refractivity contribution is 4.61. The summed E-state index contributed by atoms with van der Waals surface area (Å²) in [4.78, 5) is 0. The Morgan fingerprint density at radius 3 is 2.75 bits per heavy atom. The predicted molar refractivity (Wildman–Crippen MR) is 46.0 cm³/mol. The minimum absolute atomic E-state index is 0.357. The first kappa shape index (κ1) is 9.96. The van der Waals surface area contributed by atoms with E-state index in [0.29, 0.717) is 12.9 Å². The van der Waals surface area contributed by atoms with E-state index in [0.717, 1.165) is 39.1 Å². The topological polar surface area (TPSA) is 27.7 Å². The Morgan fingerprint density at radius 2 is 2.08 bits per heavy atom. The van der Waals surface area contributed by atoms with E-state index in [9.17, 15) is 0 Å². The van der Waals surface area contributed by atoms with Crippen LogP contribution >= 0.6 is 0 Å². The Hall–Kier alpha value is -0.120. The van der Waals surface area contributed by atoms with Crippen molar-refractivity contribution in [3.05, 3.63) is 0 Å². The first-order chi connectivity index (χ1) is 5.93. The Labute approximate surface area is 74.0 Å². The summed E-state index contributed by atoms with van der Waals surface area (Å²) in [5.41, 5.74) is 0. The summed E-state index contributed by atoms with van der Waals surface area (Å²) in [6.07, 6.45) is 3.43. The molecule has 1 aliphatic rings. The van der Waals surface area contributed by atoms with Crippen molar-refractivity contribution in [1.82, 2.24) is 0 Å². The van der Waals surface area contributed by atoms with Gasteiger partial charge in [-0.15, -0.1) is 0 Å². The summed E-state index contributed by atoms with van der Waals surface area (Å²) < 4.78 is 15.9. The highest BCUT2D eigenvalue weighted by Gasteiger charge is 2.13. The van der Waals surface area contributed by atoms with E-state index in [2.05, 4.69) is 6.92 Å². The molecule has 0 atom stereocenters. The van der Waals surface area contributed by atoms with Crippen LogP contribution in [0, 0.1) is 0 Å². The molecule has 0 radical (unpaired) electrons. The van der Waals surface area contributed by atoms with E-state index in [-0.39, 0.29) is 0 Å². The van der Waals surface area contributed by atoms with Crippen molar-refractivity contribution < 1.29 is 14.2 Å². The van der Waals surface area contributed by atoms with Gasteiger partial charge >= 0.3 is 0 Å². The maximum atomic E-state index is 5.48. The fourth-order valence-electron chi connectivity index (χ4n) is 1.19. The SMILES string of the molecule is CCCOCOC1CCOCC1. The van der Waals surface area contributed by atoms with Crippen molar-refractivity contribution >= 4 is 0 Å². The number of hydrogen-bond acceptors (Lipinski definition) is 3. The van der Waals surface area contributed by atoms with Crippen LogP contribution in [0.25, 0.3) is 0 Å². The molecule has 0 unspecified atom stereocenters. The van der Waals surface area contributed by atoms with Crippen LogP contribution in [0.15, 0.2) is 0 Å². The van der Waals surface area contributed by atoms with Gasteiger partial charge in [0.25, 0.3) is 0 Å². The van der Waals surface area contributed by atoms with Crippen LogP contribution in [0.2, 0.25) is 0 Å². The van der Waals surface area contributed by atoms with Crippen molar-refractivity contribution in [2.45, 2.75) is 32.3 Å². The van der Waals surface area contributed by atoms with E-state index in [1.165, 1.54) is 0 Å². The van der Waals surface area contributed by atoms with Gasteiger partial charge < -0.3 is 14.2 Å². The van der Waals surface area contributed by atoms with Gasteiger partial charge in [-0.1, -0.05) is 6.92 Å². The molecule has 3 nitrogen and oxygen atoms in total. The zero-order chi connectivity index (χ0) is 8.65. The van der Waals surface area contributed by atoms with Crippen LogP contribution in [0.5, 0.6) is 0 Å². The monoisotopic (exact) mass is 174 g/mol. The van der Waals surface area contributed by atoms with Gasteiger partial charge in [-0.2, -0.15) is 0 Å². The second-order valence-electron chi connectivity index (χ2n) is 3.00. The summed E-state index contributed by atoms with van der Waals surface area (Å²) in [6, 6.07) is 0. The summed E-state index contributed by atoms with van der Waals surface area (Å²) in [5, 5.41) is 0. The molecule has 1 rings (SSSR count). The molecule has 0 spiro atoms. The average molecular weight is 174 g/mol. The first-order valence-corrected chi connectivity index (χ1v) is 4.70. The number of ether oxygens (including phenoxy) is 3. The molecule has 1 heterocycles. The number of rotatable bonds is 5. The van der Waals surface area contributed by atoms with E-state index in [4.69, 9.17) is 14.2 Å². The normalized spacial score (nSPS) is 19.8. The van der Waals surface area contributed by atoms with E-state index in [1.54, 1.807) is 0 Å². The first-order valence-electron chi connectivity index (χ1n) is 4.70. The molecule has 3 heteroatoms. The highest BCUT2D eigenvalue weighted by atomic mass is 16.7. The molecular weight excluding hydrogens is 156 g/mol. The van der Waals surface area contributed by atoms with Gasteiger partial charge in [0, 0.05) is 19.8 Å². The lowest BCUT2D eigenvalue weighted by Gasteiger charge is -2.22. The third-order valence-electron chi connectivity index (χ3n) is 1.90. The van der Waals surface area contributed by atoms with Gasteiger partial charge in [-0.05, 0) is 19.3 Å². The molecule has 72 valence electrons. The molecule has 0 amide bonds. The summed E-state index contributed by atoms with van der Waals surface area (Å²) in [6.45, 7) is 4.99. The summed E-state index contributed by atoms with van der Waals surface area (Å²) in [5.74, 6) is 0. The molecule has 1 fully saturated rings. The van der Waals surface area contributed by atoms with Gasteiger partial charge in [-0.3, -0.25) is 0 Å². The third-order valence-corrected chi connectivity index (χ3v) is 1.90. The molecule has 12 heavy (non-hydrogen) atoms. The van der Waals surface area contributed by atoms with E-state index in [1.807, 2.05) is 0 Å². The van der Waals surface area contributed by atoms with Crippen LogP contribution in [0.3, 0.4) is 0 Å². The maximum absolute atomic E-state index is 5.48. The van der Waals surface area contributed by atoms with Crippen LogP contribution in [-0.2, 0) is 14.2 Å². The number of hydrogen-bond donors (Lipinski definition) is 0. The minimum Gasteiger partial charge on any atom is -0.381 e. The molecule has 0 aromatic carbocycles. The Balaban J connectivity index is 1.91. The van der Waals surface area contributed by atoms with Crippen molar-refractivity contribution in [1.29, 1.82) is 0 Å². The molecule has 1 aliphatic heterocycles. The molecule has 0 aliphatic carbocycles. The van der Waals surface area contributed by atoms with Crippen molar-refractivity contribution in [2.75, 3.05) is 26.6 Å². The second-order valence-corrected chi connectivity index (χ2v) is 3.00. The molecule has 0 aromatic rings. The Bertz CT molecular complexity index is 99.9. The average Bonchev–Trinajstić information content (AvgIpc) is 2.14. The molecule has 1 saturated heterocycles. The Kier molecular flexibility index (Phi) is 5.32. The lowest BCUT2D eigenvalue weighted by molar-refractivity contribution is -0.116. The molecular formula is C9H18O3. The van der Waals surface area contributed by atoms with Crippen LogP contribution < -0.4 is 0 Å². The zero-order valence-electron chi connectivity index (χ0n) is 7.75. The third kappa shape index (κ3) is 4.04. The summed E-state index contributed by atoms with van der Waals surface area (Å²) >= 11 is 0. The van der Waals surface area contributed by atoms with E-state index >= 15 is 0 Å². The molecule has 0 N–H and O–H groups in total. The fourth-order valence-corrected chi connectivity index (χ4v) is 1.19. The fraction of sp³-hybridized carbons (Fsp3) is 1.00.